The van der Waals surface area contributed by atoms with Crippen LogP contribution in [0, 0.1) is 5.92 Å². The second-order valence-corrected chi connectivity index (χ2v) is 8.63. The zero-order chi connectivity index (χ0) is 19.6. The zero-order valence-electron chi connectivity index (χ0n) is 15.5. The number of para-hydroxylation sites is 2. The van der Waals surface area contributed by atoms with E-state index in [-0.39, 0.29) is 24.3 Å². The van der Waals surface area contributed by atoms with Gasteiger partial charge in [-0.3, -0.25) is 13.9 Å². The minimum absolute atomic E-state index is 0.0630. The van der Waals surface area contributed by atoms with Crippen molar-refractivity contribution in [3.63, 3.8) is 0 Å². The Kier molecular flexibility index (Phi) is 5.59. The highest BCUT2D eigenvalue weighted by Gasteiger charge is 2.38. The van der Waals surface area contributed by atoms with Gasteiger partial charge in [-0.05, 0) is 31.9 Å². The normalized spacial score (nSPS) is 20.6. The number of amides is 1. The van der Waals surface area contributed by atoms with Crippen LogP contribution in [0.3, 0.4) is 0 Å². The predicted octanol–water partition coefficient (Wildman–Crippen LogP) is 1.02. The molecule has 0 aromatic heterocycles. The van der Waals surface area contributed by atoms with Crippen molar-refractivity contribution in [2.45, 2.75) is 25.9 Å². The smallest absolute Gasteiger partial charge is 0.309 e. The van der Waals surface area contributed by atoms with Gasteiger partial charge < -0.3 is 14.4 Å². The van der Waals surface area contributed by atoms with E-state index in [4.69, 9.17) is 9.47 Å². The number of esters is 1. The number of carbonyl (C=O) groups excluding carboxylic acids is 2. The summed E-state index contributed by atoms with van der Waals surface area (Å²) in [6.07, 6.45) is 1.27. The molecule has 27 heavy (non-hydrogen) atoms. The summed E-state index contributed by atoms with van der Waals surface area (Å²) < 4.78 is 36.4. The Morgan fingerprint density at radius 3 is 2.52 bits per heavy atom. The van der Waals surface area contributed by atoms with Gasteiger partial charge in [0.2, 0.25) is 10.0 Å². The number of benzene rings is 1. The molecule has 0 bridgehead atoms. The number of hydrogen-bond donors (Lipinski definition) is 0. The Morgan fingerprint density at radius 2 is 1.89 bits per heavy atom. The Labute approximate surface area is 159 Å². The lowest BCUT2D eigenvalue weighted by Gasteiger charge is -2.38. The van der Waals surface area contributed by atoms with E-state index in [0.717, 1.165) is 6.26 Å². The van der Waals surface area contributed by atoms with Crippen molar-refractivity contribution >= 4 is 27.6 Å². The molecule has 1 atom stereocenters. The van der Waals surface area contributed by atoms with Crippen molar-refractivity contribution in [3.05, 3.63) is 24.3 Å². The first-order valence-electron chi connectivity index (χ1n) is 9.00. The lowest BCUT2D eigenvalue weighted by Crippen LogP contribution is -2.53. The molecule has 0 saturated carbocycles. The average molecular weight is 396 g/mol. The molecule has 8 nitrogen and oxygen atoms in total. The van der Waals surface area contributed by atoms with Gasteiger partial charge >= 0.3 is 5.97 Å². The number of ether oxygens (including phenoxy) is 2. The van der Waals surface area contributed by atoms with Gasteiger partial charge in [-0.15, -0.1) is 0 Å². The monoisotopic (exact) mass is 396 g/mol. The van der Waals surface area contributed by atoms with Crippen LogP contribution in [0.1, 0.15) is 19.8 Å². The van der Waals surface area contributed by atoms with Gasteiger partial charge in [0.05, 0.1) is 31.0 Å². The van der Waals surface area contributed by atoms with E-state index in [0.29, 0.717) is 44.0 Å². The average Bonchev–Trinajstić information content (AvgIpc) is 2.66. The topological polar surface area (TPSA) is 93.2 Å². The van der Waals surface area contributed by atoms with E-state index >= 15 is 0 Å². The number of piperidine rings is 1. The highest BCUT2D eigenvalue weighted by Crippen LogP contribution is 2.35. The maximum Gasteiger partial charge on any atom is 0.309 e. The highest BCUT2D eigenvalue weighted by molar-refractivity contribution is 7.92. The molecule has 1 amide bonds. The van der Waals surface area contributed by atoms with E-state index in [1.807, 2.05) is 0 Å². The number of rotatable bonds is 4. The van der Waals surface area contributed by atoms with Crippen LogP contribution in [-0.4, -0.2) is 63.8 Å². The van der Waals surface area contributed by atoms with Crippen LogP contribution < -0.4 is 9.04 Å². The van der Waals surface area contributed by atoms with Gasteiger partial charge in [0.1, 0.15) is 5.75 Å². The zero-order valence-corrected chi connectivity index (χ0v) is 16.3. The van der Waals surface area contributed by atoms with Gasteiger partial charge in [-0.2, -0.15) is 0 Å². The van der Waals surface area contributed by atoms with Crippen molar-refractivity contribution in [2.24, 2.45) is 5.92 Å². The summed E-state index contributed by atoms with van der Waals surface area (Å²) in [6.45, 7) is 2.88. The molecule has 2 aliphatic heterocycles. The number of sulfonamides is 1. The third-order valence-corrected chi connectivity index (χ3v) is 5.98. The molecule has 0 aliphatic carbocycles. The molecule has 1 aromatic carbocycles. The summed E-state index contributed by atoms with van der Waals surface area (Å²) in [5.74, 6) is -0.320. The molecular formula is C18H24N2O6S. The maximum absolute atomic E-state index is 12.9. The fourth-order valence-electron chi connectivity index (χ4n) is 3.44. The fourth-order valence-corrected chi connectivity index (χ4v) is 4.36. The number of carbonyl (C=O) groups is 2. The molecule has 1 aromatic rings. The van der Waals surface area contributed by atoms with E-state index in [9.17, 15) is 18.0 Å². The molecule has 1 fully saturated rings. The number of nitrogens with zero attached hydrogens (tertiary/aromatic N) is 2. The van der Waals surface area contributed by atoms with E-state index in [1.165, 1.54) is 4.31 Å². The minimum Gasteiger partial charge on any atom is -0.476 e. The third kappa shape index (κ3) is 4.18. The van der Waals surface area contributed by atoms with Crippen LogP contribution >= 0.6 is 0 Å². The van der Waals surface area contributed by atoms with Gasteiger partial charge in [-0.25, -0.2) is 8.42 Å². The van der Waals surface area contributed by atoms with Crippen molar-refractivity contribution in [1.82, 2.24) is 4.90 Å². The fraction of sp³-hybridized carbons (Fsp3) is 0.556. The number of anilines is 1. The Morgan fingerprint density at radius 1 is 1.22 bits per heavy atom. The van der Waals surface area contributed by atoms with E-state index in [1.54, 1.807) is 36.1 Å². The lowest BCUT2D eigenvalue weighted by molar-refractivity contribution is -0.152. The number of likely N-dealkylation sites (tertiary alicyclic amines) is 1. The molecule has 2 heterocycles. The van der Waals surface area contributed by atoms with Crippen LogP contribution in [-0.2, 0) is 24.3 Å². The van der Waals surface area contributed by atoms with Gasteiger partial charge in [-0.1, -0.05) is 12.1 Å². The summed E-state index contributed by atoms with van der Waals surface area (Å²) >= 11 is 0. The Hall–Kier alpha value is -2.29. The summed E-state index contributed by atoms with van der Waals surface area (Å²) in [6, 6.07) is 6.77. The molecule has 148 valence electrons. The molecule has 0 radical (unpaired) electrons. The molecule has 9 heteroatoms. The first-order valence-corrected chi connectivity index (χ1v) is 10.8. The summed E-state index contributed by atoms with van der Waals surface area (Å²) in [7, 11) is -3.54. The molecule has 0 N–H and O–H groups in total. The van der Waals surface area contributed by atoms with Crippen LogP contribution in [0.5, 0.6) is 5.75 Å². The molecule has 2 aliphatic rings. The lowest BCUT2D eigenvalue weighted by atomic mass is 9.96. The van der Waals surface area contributed by atoms with Gasteiger partial charge in [0, 0.05) is 13.1 Å². The van der Waals surface area contributed by atoms with Crippen molar-refractivity contribution in [3.8, 4) is 5.75 Å². The SMILES string of the molecule is CCOC(=O)C1CCN(C(=O)[C@@H]2CN(S(C)(=O)=O)c3ccccc3O2)CC1. The van der Waals surface area contributed by atoms with Crippen LogP contribution in [0.4, 0.5) is 5.69 Å². The molecular weight excluding hydrogens is 372 g/mol. The Balaban J connectivity index is 1.70. The number of hydrogen-bond acceptors (Lipinski definition) is 6. The van der Waals surface area contributed by atoms with Crippen LogP contribution in [0.15, 0.2) is 24.3 Å². The number of fused-ring (bicyclic) bond motifs is 1. The summed E-state index contributed by atoms with van der Waals surface area (Å²) in [5, 5.41) is 0. The van der Waals surface area contributed by atoms with E-state index in [2.05, 4.69) is 0 Å². The molecule has 3 rings (SSSR count). The largest absolute Gasteiger partial charge is 0.476 e. The van der Waals surface area contributed by atoms with Gasteiger partial charge in [0.15, 0.2) is 6.10 Å². The quantitative estimate of drug-likeness (QED) is 0.706. The van der Waals surface area contributed by atoms with Crippen molar-refractivity contribution in [2.75, 3.05) is 36.8 Å². The molecule has 0 spiro atoms. The van der Waals surface area contributed by atoms with Gasteiger partial charge in [0.25, 0.3) is 5.91 Å². The second-order valence-electron chi connectivity index (χ2n) is 6.72. The summed E-state index contributed by atoms with van der Waals surface area (Å²) in [5.41, 5.74) is 0.435. The molecule has 1 saturated heterocycles. The maximum atomic E-state index is 12.9. The predicted molar refractivity (Wildman–Crippen MR) is 99.0 cm³/mol. The second kappa shape index (κ2) is 7.75. The molecule has 0 unspecified atom stereocenters. The van der Waals surface area contributed by atoms with Crippen LogP contribution in [0.25, 0.3) is 0 Å². The van der Waals surface area contributed by atoms with Crippen LogP contribution in [0.2, 0.25) is 0 Å². The minimum atomic E-state index is -3.54. The highest BCUT2D eigenvalue weighted by atomic mass is 32.2. The van der Waals surface area contributed by atoms with Crippen molar-refractivity contribution in [1.29, 1.82) is 0 Å². The first-order chi connectivity index (χ1) is 12.8. The summed E-state index contributed by atoms with van der Waals surface area (Å²) in [4.78, 5) is 26.4. The van der Waals surface area contributed by atoms with Crippen molar-refractivity contribution < 1.29 is 27.5 Å². The first kappa shape index (κ1) is 19.5. The standard InChI is InChI=1S/C18H24N2O6S/c1-3-25-18(22)13-8-10-19(11-9-13)17(21)16-12-20(27(2,23)24)14-6-4-5-7-15(14)26-16/h4-7,13,16H,3,8-12H2,1-2H3/t16-/m0/s1. The van der Waals surface area contributed by atoms with E-state index < -0.39 is 16.1 Å². The Bertz CT molecular complexity index is 817. The third-order valence-electron chi connectivity index (χ3n) is 4.84.